The molecule has 0 fully saturated rings. The predicted octanol–water partition coefficient (Wildman–Crippen LogP) is 2.46. The summed E-state index contributed by atoms with van der Waals surface area (Å²) in [6.45, 7) is 0.227. The van der Waals surface area contributed by atoms with Gasteiger partial charge in [0.1, 0.15) is 11.6 Å². The van der Waals surface area contributed by atoms with Crippen molar-refractivity contribution in [2.45, 2.75) is 6.42 Å². The Morgan fingerprint density at radius 2 is 2.14 bits per heavy atom. The molecule has 76 valence electrons. The molecule has 2 nitrogen and oxygen atoms in total. The lowest BCUT2D eigenvalue weighted by molar-refractivity contribution is 0.260. The highest BCUT2D eigenvalue weighted by Crippen LogP contribution is 2.09. The van der Waals surface area contributed by atoms with Gasteiger partial charge in [0, 0.05) is 12.6 Å². The highest BCUT2D eigenvalue weighted by Gasteiger charge is 2.03. The Balaban J connectivity index is 2.55. The first kappa shape index (κ1) is 10.9. The molecule has 0 aliphatic heterocycles. The number of hydrogen-bond acceptors (Lipinski definition) is 1. The molecule has 0 saturated carbocycles. The molecule has 1 N–H and O–H groups in total. The van der Waals surface area contributed by atoms with Gasteiger partial charge in [-0.2, -0.15) is 0 Å². The molecule has 5 heteroatoms. The number of benzene rings is 1. The van der Waals surface area contributed by atoms with Crippen molar-refractivity contribution in [3.63, 3.8) is 0 Å². The highest BCUT2D eigenvalue weighted by molar-refractivity contribution is 6.62. The van der Waals surface area contributed by atoms with Crippen LogP contribution >= 0.6 is 11.6 Å². The van der Waals surface area contributed by atoms with E-state index in [1.165, 1.54) is 12.1 Å². The molecule has 0 unspecified atom stereocenters. The quantitative estimate of drug-likeness (QED) is 0.614. The molecule has 0 heterocycles. The Hall–Kier alpha value is -1.16. The van der Waals surface area contributed by atoms with Crippen molar-refractivity contribution in [1.29, 1.82) is 0 Å². The Bertz CT molecular complexity index is 344. The number of amides is 1. The topological polar surface area (TPSA) is 29.1 Å². The van der Waals surface area contributed by atoms with E-state index in [9.17, 15) is 13.6 Å². The lowest BCUT2D eigenvalue weighted by Gasteiger charge is -2.02. The molecule has 1 rings (SSSR count). The van der Waals surface area contributed by atoms with E-state index in [1.54, 1.807) is 0 Å². The van der Waals surface area contributed by atoms with Gasteiger partial charge >= 0.3 is 5.37 Å². The van der Waals surface area contributed by atoms with Crippen LogP contribution in [0.2, 0.25) is 0 Å². The number of rotatable bonds is 3. The third-order valence-electron chi connectivity index (χ3n) is 1.67. The fraction of sp³-hybridized carbons (Fsp3) is 0.222. The van der Waals surface area contributed by atoms with E-state index in [4.69, 9.17) is 11.6 Å². The maximum absolute atomic E-state index is 13.0. The lowest BCUT2D eigenvalue weighted by Crippen LogP contribution is -2.19. The first-order valence-corrected chi connectivity index (χ1v) is 4.34. The summed E-state index contributed by atoms with van der Waals surface area (Å²) < 4.78 is 25.5. The first-order chi connectivity index (χ1) is 6.59. The van der Waals surface area contributed by atoms with Crippen LogP contribution in [0.15, 0.2) is 18.2 Å². The van der Waals surface area contributed by atoms with E-state index < -0.39 is 17.0 Å². The van der Waals surface area contributed by atoms with Crippen LogP contribution in [0.4, 0.5) is 13.6 Å². The zero-order chi connectivity index (χ0) is 10.6. The minimum atomic E-state index is -0.687. The Morgan fingerprint density at radius 1 is 1.43 bits per heavy atom. The number of hydrogen-bond donors (Lipinski definition) is 1. The van der Waals surface area contributed by atoms with Crippen molar-refractivity contribution in [2.75, 3.05) is 6.54 Å². The van der Waals surface area contributed by atoms with Gasteiger partial charge in [-0.3, -0.25) is 4.79 Å². The average Bonchev–Trinajstić information content (AvgIpc) is 2.08. The van der Waals surface area contributed by atoms with Crippen molar-refractivity contribution in [2.24, 2.45) is 0 Å². The Kier molecular flexibility index (Phi) is 3.83. The zero-order valence-electron chi connectivity index (χ0n) is 7.19. The van der Waals surface area contributed by atoms with Gasteiger partial charge in [0.05, 0.1) is 0 Å². The third kappa shape index (κ3) is 3.30. The number of nitrogens with one attached hydrogen (secondary N) is 1. The van der Waals surface area contributed by atoms with E-state index >= 15 is 0 Å². The van der Waals surface area contributed by atoms with Crippen LogP contribution in [-0.2, 0) is 6.42 Å². The maximum atomic E-state index is 13.0. The molecular formula is C9H8ClF2NO. The van der Waals surface area contributed by atoms with Crippen LogP contribution in [0.3, 0.4) is 0 Å². The molecular weight excluding hydrogens is 212 g/mol. The molecule has 1 aromatic carbocycles. The Labute approximate surface area is 84.9 Å². The molecule has 0 atom stereocenters. The second-order valence-electron chi connectivity index (χ2n) is 2.69. The molecule has 1 aromatic rings. The van der Waals surface area contributed by atoms with E-state index in [0.29, 0.717) is 5.56 Å². The Morgan fingerprint density at radius 3 is 2.71 bits per heavy atom. The molecule has 0 radical (unpaired) electrons. The third-order valence-corrected chi connectivity index (χ3v) is 1.81. The van der Waals surface area contributed by atoms with Crippen LogP contribution in [0.1, 0.15) is 5.56 Å². The number of carbonyl (C=O) groups is 1. The summed E-state index contributed by atoms with van der Waals surface area (Å²) in [5, 5.41) is 1.61. The van der Waals surface area contributed by atoms with Crippen LogP contribution in [-0.4, -0.2) is 11.9 Å². The molecule has 0 saturated heterocycles. The van der Waals surface area contributed by atoms with Gasteiger partial charge in [0.15, 0.2) is 0 Å². The maximum Gasteiger partial charge on any atom is 0.313 e. The van der Waals surface area contributed by atoms with Gasteiger partial charge in [-0.1, -0.05) is 6.07 Å². The molecule has 0 bridgehead atoms. The normalized spacial score (nSPS) is 9.93. The SMILES string of the molecule is O=C(Cl)NCCc1ccc(F)cc1F. The molecule has 0 spiro atoms. The summed E-state index contributed by atoms with van der Waals surface area (Å²) in [6.07, 6.45) is 0.282. The predicted molar refractivity (Wildman–Crippen MR) is 49.3 cm³/mol. The van der Waals surface area contributed by atoms with Gasteiger partial charge in [-0.05, 0) is 29.7 Å². The van der Waals surface area contributed by atoms with Crippen molar-refractivity contribution < 1.29 is 13.6 Å². The minimum Gasteiger partial charge on any atom is -0.342 e. The van der Waals surface area contributed by atoms with Crippen molar-refractivity contribution in [3.05, 3.63) is 35.4 Å². The van der Waals surface area contributed by atoms with Crippen LogP contribution in [0.5, 0.6) is 0 Å². The monoisotopic (exact) mass is 219 g/mol. The largest absolute Gasteiger partial charge is 0.342 e. The summed E-state index contributed by atoms with van der Waals surface area (Å²) >= 11 is 5.01. The summed E-state index contributed by atoms with van der Waals surface area (Å²) in [4.78, 5) is 10.3. The van der Waals surface area contributed by atoms with Gasteiger partial charge in [0.25, 0.3) is 0 Å². The smallest absolute Gasteiger partial charge is 0.313 e. The number of halogens is 3. The summed E-state index contributed by atoms with van der Waals surface area (Å²) in [6, 6.07) is 3.31. The summed E-state index contributed by atoms with van der Waals surface area (Å²) in [5.74, 6) is -1.23. The second kappa shape index (κ2) is 4.91. The highest BCUT2D eigenvalue weighted by atomic mass is 35.5. The fourth-order valence-corrected chi connectivity index (χ4v) is 1.11. The molecule has 0 aliphatic carbocycles. The van der Waals surface area contributed by atoms with Crippen molar-refractivity contribution >= 4 is 17.0 Å². The van der Waals surface area contributed by atoms with E-state index in [1.807, 2.05) is 0 Å². The number of carbonyl (C=O) groups excluding carboxylic acids is 1. The minimum absolute atomic E-state index is 0.227. The standard InChI is InChI=1S/C9H8ClF2NO/c10-9(14)13-4-3-6-1-2-7(11)5-8(6)12/h1-2,5H,3-4H2,(H,13,14). The first-order valence-electron chi connectivity index (χ1n) is 3.97. The van der Waals surface area contributed by atoms with E-state index in [0.717, 1.165) is 6.07 Å². The molecule has 14 heavy (non-hydrogen) atoms. The van der Waals surface area contributed by atoms with Gasteiger partial charge < -0.3 is 5.32 Å². The summed E-state index contributed by atoms with van der Waals surface area (Å²) in [7, 11) is 0. The average molecular weight is 220 g/mol. The van der Waals surface area contributed by atoms with Crippen LogP contribution < -0.4 is 5.32 Å². The molecule has 0 aromatic heterocycles. The second-order valence-corrected chi connectivity index (χ2v) is 3.03. The van der Waals surface area contributed by atoms with Crippen LogP contribution in [0.25, 0.3) is 0 Å². The van der Waals surface area contributed by atoms with E-state index in [2.05, 4.69) is 5.32 Å². The lowest BCUT2D eigenvalue weighted by atomic mass is 10.1. The zero-order valence-corrected chi connectivity index (χ0v) is 7.94. The molecule has 1 amide bonds. The van der Waals surface area contributed by atoms with Crippen molar-refractivity contribution in [3.8, 4) is 0 Å². The molecule has 0 aliphatic rings. The van der Waals surface area contributed by atoms with Gasteiger partial charge in [-0.25, -0.2) is 8.78 Å². The van der Waals surface area contributed by atoms with E-state index in [-0.39, 0.29) is 13.0 Å². The fourth-order valence-electron chi connectivity index (χ4n) is 1.02. The van der Waals surface area contributed by atoms with Gasteiger partial charge in [0.2, 0.25) is 0 Å². The summed E-state index contributed by atoms with van der Waals surface area (Å²) in [5.41, 5.74) is 0.344. The van der Waals surface area contributed by atoms with Gasteiger partial charge in [-0.15, -0.1) is 0 Å². The van der Waals surface area contributed by atoms with Crippen molar-refractivity contribution in [1.82, 2.24) is 5.32 Å². The van der Waals surface area contributed by atoms with Crippen LogP contribution in [0, 0.1) is 11.6 Å².